The second-order valence-electron chi connectivity index (χ2n) is 4.63. The first kappa shape index (κ1) is 17.7. The molecule has 116 valence electrons. The van der Waals surface area contributed by atoms with Crippen molar-refractivity contribution < 1.29 is 13.5 Å². The Morgan fingerprint density at radius 2 is 1.95 bits per heavy atom. The van der Waals surface area contributed by atoms with Crippen LogP contribution in [0.3, 0.4) is 0 Å². The molecule has 0 saturated heterocycles. The first-order valence-electron chi connectivity index (χ1n) is 6.89. The smallest absolute Gasteiger partial charge is 0.279 e. The number of hydrogen-bond acceptors (Lipinski definition) is 3. The standard InChI is InChI=1S/C15H22N2O3S/c1-3-11-16-21(19,20)17(2)13-15-9-7-14(8-10-15)6-4-5-12-18/h7-10,16,18H,3,5,11-13H2,1-2H3. The first-order valence-corrected chi connectivity index (χ1v) is 8.33. The highest BCUT2D eigenvalue weighted by molar-refractivity contribution is 7.87. The van der Waals surface area contributed by atoms with Crippen LogP contribution in [0.4, 0.5) is 0 Å². The summed E-state index contributed by atoms with van der Waals surface area (Å²) in [4.78, 5) is 0. The number of rotatable bonds is 7. The molecule has 0 aliphatic heterocycles. The number of nitrogens with zero attached hydrogens (tertiary/aromatic N) is 1. The Kier molecular flexibility index (Phi) is 7.40. The number of hydrogen-bond donors (Lipinski definition) is 2. The van der Waals surface area contributed by atoms with Crippen LogP contribution in [0.5, 0.6) is 0 Å². The highest BCUT2D eigenvalue weighted by Gasteiger charge is 2.16. The molecule has 0 spiro atoms. The molecule has 0 aliphatic carbocycles. The normalized spacial score (nSPS) is 11.2. The molecule has 0 fully saturated rings. The molecule has 0 saturated carbocycles. The first-order chi connectivity index (χ1) is 9.99. The minimum atomic E-state index is -3.42. The second-order valence-corrected chi connectivity index (χ2v) is 6.49. The summed E-state index contributed by atoms with van der Waals surface area (Å²) in [6, 6.07) is 7.41. The molecule has 0 unspecified atom stereocenters. The van der Waals surface area contributed by atoms with Crippen LogP contribution in [-0.4, -0.2) is 38.0 Å². The lowest BCUT2D eigenvalue weighted by atomic mass is 10.1. The second kappa shape index (κ2) is 8.80. The van der Waals surface area contributed by atoms with Gasteiger partial charge in [-0.3, -0.25) is 0 Å². The third kappa shape index (κ3) is 6.27. The molecule has 1 aromatic carbocycles. The van der Waals surface area contributed by atoms with Crippen LogP contribution in [0.15, 0.2) is 24.3 Å². The third-order valence-corrected chi connectivity index (χ3v) is 4.29. The van der Waals surface area contributed by atoms with E-state index in [-0.39, 0.29) is 6.61 Å². The summed E-state index contributed by atoms with van der Waals surface area (Å²) in [5.41, 5.74) is 1.74. The number of nitrogens with one attached hydrogen (secondary N) is 1. The van der Waals surface area contributed by atoms with E-state index in [0.29, 0.717) is 19.5 Å². The van der Waals surface area contributed by atoms with Crippen molar-refractivity contribution in [3.8, 4) is 11.8 Å². The Morgan fingerprint density at radius 3 is 2.52 bits per heavy atom. The molecular weight excluding hydrogens is 288 g/mol. The predicted molar refractivity (Wildman–Crippen MR) is 83.7 cm³/mol. The quantitative estimate of drug-likeness (QED) is 0.741. The van der Waals surface area contributed by atoms with Crippen molar-refractivity contribution in [2.45, 2.75) is 26.3 Å². The molecule has 0 heterocycles. The van der Waals surface area contributed by atoms with Crippen molar-refractivity contribution in [1.29, 1.82) is 0 Å². The average Bonchev–Trinajstić information content (AvgIpc) is 2.47. The van der Waals surface area contributed by atoms with E-state index in [9.17, 15) is 8.42 Å². The van der Waals surface area contributed by atoms with Gasteiger partial charge >= 0.3 is 0 Å². The lowest BCUT2D eigenvalue weighted by molar-refractivity contribution is 0.305. The van der Waals surface area contributed by atoms with Gasteiger partial charge in [0.2, 0.25) is 0 Å². The molecule has 0 bridgehead atoms. The molecule has 0 aliphatic rings. The van der Waals surface area contributed by atoms with Crippen molar-refractivity contribution in [3.63, 3.8) is 0 Å². The van der Waals surface area contributed by atoms with E-state index >= 15 is 0 Å². The summed E-state index contributed by atoms with van der Waals surface area (Å²) in [7, 11) is -1.87. The monoisotopic (exact) mass is 310 g/mol. The Labute approximate surface area is 127 Å². The van der Waals surface area contributed by atoms with Crippen LogP contribution < -0.4 is 4.72 Å². The van der Waals surface area contributed by atoms with Crippen molar-refractivity contribution in [3.05, 3.63) is 35.4 Å². The largest absolute Gasteiger partial charge is 0.395 e. The number of benzene rings is 1. The Balaban J connectivity index is 2.65. The van der Waals surface area contributed by atoms with Gasteiger partial charge in [-0.25, -0.2) is 4.72 Å². The van der Waals surface area contributed by atoms with Crippen LogP contribution >= 0.6 is 0 Å². The third-order valence-electron chi connectivity index (χ3n) is 2.77. The van der Waals surface area contributed by atoms with Gasteiger partial charge in [-0.2, -0.15) is 12.7 Å². The zero-order valence-corrected chi connectivity index (χ0v) is 13.3. The van der Waals surface area contributed by atoms with Gasteiger partial charge in [-0.15, -0.1) is 0 Å². The van der Waals surface area contributed by atoms with E-state index in [1.807, 2.05) is 31.2 Å². The number of aliphatic hydroxyl groups is 1. The Hall–Kier alpha value is -1.39. The van der Waals surface area contributed by atoms with Crippen LogP contribution in [-0.2, 0) is 16.8 Å². The van der Waals surface area contributed by atoms with Crippen molar-refractivity contribution in [2.75, 3.05) is 20.2 Å². The van der Waals surface area contributed by atoms with E-state index in [1.54, 1.807) is 7.05 Å². The highest BCUT2D eigenvalue weighted by Crippen LogP contribution is 2.08. The van der Waals surface area contributed by atoms with Gasteiger partial charge < -0.3 is 5.11 Å². The molecular formula is C15H22N2O3S. The lowest BCUT2D eigenvalue weighted by Crippen LogP contribution is -2.38. The van der Waals surface area contributed by atoms with Crippen LogP contribution in [0, 0.1) is 11.8 Å². The van der Waals surface area contributed by atoms with Crippen LogP contribution in [0.25, 0.3) is 0 Å². The summed E-state index contributed by atoms with van der Waals surface area (Å²) in [5.74, 6) is 5.77. The summed E-state index contributed by atoms with van der Waals surface area (Å²) < 4.78 is 27.6. The zero-order valence-electron chi connectivity index (χ0n) is 12.5. The fraction of sp³-hybridized carbons (Fsp3) is 0.467. The highest BCUT2D eigenvalue weighted by atomic mass is 32.2. The fourth-order valence-electron chi connectivity index (χ4n) is 1.60. The van der Waals surface area contributed by atoms with E-state index in [4.69, 9.17) is 5.11 Å². The van der Waals surface area contributed by atoms with E-state index in [2.05, 4.69) is 16.6 Å². The molecule has 0 radical (unpaired) electrons. The maximum Gasteiger partial charge on any atom is 0.279 e. The van der Waals surface area contributed by atoms with Crippen LogP contribution in [0.2, 0.25) is 0 Å². The molecule has 2 N–H and O–H groups in total. The molecule has 1 aromatic rings. The van der Waals surface area contributed by atoms with E-state index in [0.717, 1.165) is 17.5 Å². The van der Waals surface area contributed by atoms with E-state index in [1.165, 1.54) is 4.31 Å². The number of aliphatic hydroxyl groups excluding tert-OH is 1. The lowest BCUT2D eigenvalue weighted by Gasteiger charge is -2.17. The van der Waals surface area contributed by atoms with Gasteiger partial charge in [0.15, 0.2) is 0 Å². The summed E-state index contributed by atoms with van der Waals surface area (Å²) in [5, 5.41) is 8.65. The van der Waals surface area contributed by atoms with Gasteiger partial charge in [0.25, 0.3) is 10.2 Å². The van der Waals surface area contributed by atoms with Gasteiger partial charge in [0.1, 0.15) is 0 Å². The fourth-order valence-corrected chi connectivity index (χ4v) is 2.60. The maximum absolute atomic E-state index is 11.9. The maximum atomic E-state index is 11.9. The molecule has 5 nitrogen and oxygen atoms in total. The van der Waals surface area contributed by atoms with Gasteiger partial charge in [0.05, 0.1) is 6.61 Å². The van der Waals surface area contributed by atoms with Gasteiger partial charge in [-0.05, 0) is 24.1 Å². The van der Waals surface area contributed by atoms with Gasteiger partial charge in [-0.1, -0.05) is 30.9 Å². The SMILES string of the molecule is CCCNS(=O)(=O)N(C)Cc1ccc(C#CCCO)cc1. The Morgan fingerprint density at radius 1 is 1.29 bits per heavy atom. The zero-order chi connectivity index (χ0) is 15.7. The predicted octanol–water partition coefficient (Wildman–Crippen LogP) is 1.10. The van der Waals surface area contributed by atoms with Gasteiger partial charge in [0, 0.05) is 32.1 Å². The minimum Gasteiger partial charge on any atom is -0.395 e. The summed E-state index contributed by atoms with van der Waals surface area (Å²) in [6.45, 7) is 2.72. The molecule has 0 aromatic heterocycles. The topological polar surface area (TPSA) is 69.6 Å². The molecule has 21 heavy (non-hydrogen) atoms. The van der Waals surface area contributed by atoms with E-state index < -0.39 is 10.2 Å². The summed E-state index contributed by atoms with van der Waals surface area (Å²) >= 11 is 0. The molecule has 6 heteroatoms. The Bertz CT molecular complexity index is 586. The average molecular weight is 310 g/mol. The summed E-state index contributed by atoms with van der Waals surface area (Å²) in [6.07, 6.45) is 1.21. The van der Waals surface area contributed by atoms with Crippen molar-refractivity contribution >= 4 is 10.2 Å². The van der Waals surface area contributed by atoms with Crippen molar-refractivity contribution in [2.24, 2.45) is 0 Å². The molecule has 1 rings (SSSR count). The van der Waals surface area contributed by atoms with Crippen molar-refractivity contribution in [1.82, 2.24) is 9.03 Å². The van der Waals surface area contributed by atoms with Crippen LogP contribution in [0.1, 0.15) is 30.9 Å². The minimum absolute atomic E-state index is 0.0541. The molecule has 0 atom stereocenters. The molecule has 0 amide bonds.